The summed E-state index contributed by atoms with van der Waals surface area (Å²) in [5.41, 5.74) is 1.46. The van der Waals surface area contributed by atoms with Gasteiger partial charge in [0.2, 0.25) is 0 Å². The molecule has 1 aromatic carbocycles. The van der Waals surface area contributed by atoms with Gasteiger partial charge in [0.15, 0.2) is 5.69 Å². The Morgan fingerprint density at radius 2 is 2.04 bits per heavy atom. The van der Waals surface area contributed by atoms with Crippen LogP contribution in [0.2, 0.25) is 0 Å². The smallest absolute Gasteiger partial charge is 0.276 e. The van der Waals surface area contributed by atoms with E-state index in [4.69, 9.17) is 4.52 Å². The Kier molecular flexibility index (Phi) is 5.71. The number of rotatable bonds is 4. The summed E-state index contributed by atoms with van der Waals surface area (Å²) < 4.78 is 18.2. The quantitative estimate of drug-likeness (QED) is 0.838. The summed E-state index contributed by atoms with van der Waals surface area (Å²) in [6, 6.07) is 8.59. The fraction of sp³-hybridized carbons (Fsp3) is 0.500. The summed E-state index contributed by atoms with van der Waals surface area (Å²) in [6.45, 7) is 9.16. The van der Waals surface area contributed by atoms with Crippen LogP contribution in [-0.4, -0.2) is 46.5 Å². The van der Waals surface area contributed by atoms with Gasteiger partial charge in [0, 0.05) is 38.3 Å². The monoisotopic (exact) mass is 359 g/mol. The summed E-state index contributed by atoms with van der Waals surface area (Å²) >= 11 is 0. The second-order valence-corrected chi connectivity index (χ2v) is 7.34. The van der Waals surface area contributed by atoms with Crippen LogP contribution in [0.5, 0.6) is 0 Å². The van der Waals surface area contributed by atoms with Crippen molar-refractivity contribution in [3.05, 3.63) is 53.2 Å². The Bertz CT molecular complexity index is 742. The summed E-state index contributed by atoms with van der Waals surface area (Å²) in [4.78, 5) is 17.1. The first kappa shape index (κ1) is 18.6. The zero-order chi connectivity index (χ0) is 18.7. The zero-order valence-electron chi connectivity index (χ0n) is 15.6. The molecule has 5 nitrogen and oxygen atoms in total. The lowest BCUT2D eigenvalue weighted by Crippen LogP contribution is -2.45. The van der Waals surface area contributed by atoms with Gasteiger partial charge >= 0.3 is 0 Å². The second kappa shape index (κ2) is 7.99. The van der Waals surface area contributed by atoms with Gasteiger partial charge < -0.3 is 9.42 Å². The minimum absolute atomic E-state index is 0.0730. The van der Waals surface area contributed by atoms with Gasteiger partial charge in [0.05, 0.1) is 0 Å². The fourth-order valence-corrected chi connectivity index (χ4v) is 3.53. The molecule has 2 heterocycles. The number of hydrogen-bond donors (Lipinski definition) is 0. The number of aromatic nitrogens is 1. The highest BCUT2D eigenvalue weighted by atomic mass is 19.1. The fourth-order valence-electron chi connectivity index (χ4n) is 3.53. The van der Waals surface area contributed by atoms with Crippen molar-refractivity contribution in [2.45, 2.75) is 39.8 Å². The van der Waals surface area contributed by atoms with E-state index in [0.29, 0.717) is 30.5 Å². The van der Waals surface area contributed by atoms with Crippen LogP contribution in [0.3, 0.4) is 0 Å². The Labute approximate surface area is 153 Å². The topological polar surface area (TPSA) is 49.6 Å². The largest absolute Gasteiger partial charge is 0.361 e. The second-order valence-electron chi connectivity index (χ2n) is 7.34. The van der Waals surface area contributed by atoms with E-state index >= 15 is 0 Å². The van der Waals surface area contributed by atoms with Crippen LogP contribution >= 0.6 is 0 Å². The van der Waals surface area contributed by atoms with Gasteiger partial charge in [0.25, 0.3) is 5.91 Å². The van der Waals surface area contributed by atoms with E-state index in [1.807, 2.05) is 17.0 Å². The molecule has 1 amide bonds. The number of benzene rings is 1. The van der Waals surface area contributed by atoms with Crippen molar-refractivity contribution in [3.63, 3.8) is 0 Å². The molecule has 1 aromatic heterocycles. The van der Waals surface area contributed by atoms with Crippen molar-refractivity contribution >= 4 is 5.91 Å². The van der Waals surface area contributed by atoms with Crippen molar-refractivity contribution in [2.75, 3.05) is 19.6 Å². The zero-order valence-corrected chi connectivity index (χ0v) is 15.6. The molecule has 0 saturated carbocycles. The first-order chi connectivity index (χ1) is 12.4. The van der Waals surface area contributed by atoms with Gasteiger partial charge in [-0.15, -0.1) is 0 Å². The van der Waals surface area contributed by atoms with Crippen molar-refractivity contribution in [1.82, 2.24) is 15.0 Å². The molecule has 0 aliphatic carbocycles. The molecule has 6 heteroatoms. The molecular weight excluding hydrogens is 333 g/mol. The SMILES string of the molecule is Cc1cc(C(=O)N2CCCN(Cc3ccc(F)cc3)C(C(C)C)C2)no1. The highest BCUT2D eigenvalue weighted by Crippen LogP contribution is 2.21. The molecule has 3 rings (SSSR count). The molecule has 140 valence electrons. The number of carbonyl (C=O) groups is 1. The summed E-state index contributed by atoms with van der Waals surface area (Å²) in [6.07, 6.45) is 0.896. The molecule has 0 N–H and O–H groups in total. The lowest BCUT2D eigenvalue weighted by molar-refractivity contribution is 0.0692. The third-order valence-corrected chi connectivity index (χ3v) is 4.95. The lowest BCUT2D eigenvalue weighted by Gasteiger charge is -2.34. The van der Waals surface area contributed by atoms with E-state index in [1.54, 1.807) is 13.0 Å². The average Bonchev–Trinajstić information content (AvgIpc) is 2.93. The molecule has 1 fully saturated rings. The van der Waals surface area contributed by atoms with Crippen molar-refractivity contribution in [3.8, 4) is 0 Å². The predicted octanol–water partition coefficient (Wildman–Crippen LogP) is 3.49. The van der Waals surface area contributed by atoms with E-state index in [2.05, 4.69) is 23.9 Å². The normalized spacial score (nSPS) is 19.0. The number of aryl methyl sites for hydroxylation is 1. The van der Waals surface area contributed by atoms with Crippen LogP contribution in [0.15, 0.2) is 34.9 Å². The van der Waals surface area contributed by atoms with Gasteiger partial charge in [-0.05, 0) is 37.0 Å². The van der Waals surface area contributed by atoms with E-state index in [-0.39, 0.29) is 17.8 Å². The maximum absolute atomic E-state index is 13.2. The van der Waals surface area contributed by atoms with Gasteiger partial charge in [0.1, 0.15) is 11.6 Å². The molecule has 0 radical (unpaired) electrons. The summed E-state index contributed by atoms with van der Waals surface area (Å²) in [7, 11) is 0. The molecule has 1 atom stereocenters. The number of halogens is 1. The first-order valence-electron chi connectivity index (χ1n) is 9.15. The maximum atomic E-state index is 13.2. The number of nitrogens with zero attached hydrogens (tertiary/aromatic N) is 3. The summed E-state index contributed by atoms with van der Waals surface area (Å²) in [5.74, 6) is 0.741. The Hall–Kier alpha value is -2.21. The summed E-state index contributed by atoms with van der Waals surface area (Å²) in [5, 5.41) is 3.87. The van der Waals surface area contributed by atoms with Crippen LogP contribution in [-0.2, 0) is 6.54 Å². The van der Waals surface area contributed by atoms with E-state index in [0.717, 1.165) is 25.1 Å². The predicted molar refractivity (Wildman–Crippen MR) is 97.2 cm³/mol. The molecule has 0 bridgehead atoms. The van der Waals surface area contributed by atoms with Gasteiger partial charge in [-0.2, -0.15) is 0 Å². The number of hydrogen-bond acceptors (Lipinski definition) is 4. The Morgan fingerprint density at radius 1 is 1.31 bits per heavy atom. The maximum Gasteiger partial charge on any atom is 0.276 e. The van der Waals surface area contributed by atoms with E-state index < -0.39 is 0 Å². The van der Waals surface area contributed by atoms with E-state index in [9.17, 15) is 9.18 Å². The molecule has 26 heavy (non-hydrogen) atoms. The van der Waals surface area contributed by atoms with Crippen LogP contribution in [0.4, 0.5) is 4.39 Å². The highest BCUT2D eigenvalue weighted by molar-refractivity contribution is 5.92. The van der Waals surface area contributed by atoms with Crippen LogP contribution in [0, 0.1) is 18.7 Å². The van der Waals surface area contributed by atoms with Gasteiger partial charge in [-0.1, -0.05) is 31.1 Å². The lowest BCUT2D eigenvalue weighted by atomic mass is 10.0. The number of carbonyl (C=O) groups excluding carboxylic acids is 1. The Morgan fingerprint density at radius 3 is 2.65 bits per heavy atom. The highest BCUT2D eigenvalue weighted by Gasteiger charge is 2.30. The van der Waals surface area contributed by atoms with Crippen molar-refractivity contribution in [1.29, 1.82) is 0 Å². The van der Waals surface area contributed by atoms with Gasteiger partial charge in [-0.25, -0.2) is 4.39 Å². The standard InChI is InChI=1S/C20H26FN3O2/c1-14(2)19-13-24(20(25)18-11-15(3)26-22-18)10-4-9-23(19)12-16-5-7-17(21)8-6-16/h5-8,11,14,19H,4,9-10,12-13H2,1-3H3. The van der Waals surface area contributed by atoms with E-state index in [1.165, 1.54) is 12.1 Å². The average molecular weight is 359 g/mol. The minimum Gasteiger partial charge on any atom is -0.361 e. The molecule has 2 aromatic rings. The molecule has 1 unspecified atom stereocenters. The third kappa shape index (κ3) is 4.30. The first-order valence-corrected chi connectivity index (χ1v) is 9.15. The molecule has 1 aliphatic heterocycles. The van der Waals surface area contributed by atoms with Gasteiger partial charge in [-0.3, -0.25) is 9.69 Å². The van der Waals surface area contributed by atoms with Crippen molar-refractivity contribution in [2.24, 2.45) is 5.92 Å². The van der Waals surface area contributed by atoms with Crippen LogP contribution in [0.25, 0.3) is 0 Å². The third-order valence-electron chi connectivity index (χ3n) is 4.95. The van der Waals surface area contributed by atoms with Crippen LogP contribution in [0.1, 0.15) is 42.1 Å². The number of amides is 1. The molecular formula is C20H26FN3O2. The molecule has 1 aliphatic rings. The van der Waals surface area contributed by atoms with Crippen LogP contribution < -0.4 is 0 Å². The molecule has 1 saturated heterocycles. The van der Waals surface area contributed by atoms with Crippen molar-refractivity contribution < 1.29 is 13.7 Å². The minimum atomic E-state index is -0.218. The Balaban J connectivity index is 1.74. The molecule has 0 spiro atoms.